The molecule has 1 fully saturated rings. The molecule has 1 amide bonds. The second kappa shape index (κ2) is 6.48. The van der Waals surface area contributed by atoms with E-state index in [1.54, 1.807) is 12.1 Å². The average molecular weight is 355 g/mol. The maximum Gasteiger partial charge on any atom is 0.374 e. The van der Waals surface area contributed by atoms with Crippen molar-refractivity contribution in [1.29, 1.82) is 0 Å². The van der Waals surface area contributed by atoms with Crippen LogP contribution >= 0.6 is 23.2 Å². The lowest BCUT2D eigenvalue weighted by atomic mass is 9.97. The van der Waals surface area contributed by atoms with Gasteiger partial charge in [-0.3, -0.25) is 4.79 Å². The molecule has 1 aromatic carbocycles. The molecule has 1 N–H and O–H groups in total. The summed E-state index contributed by atoms with van der Waals surface area (Å²) in [6.45, 7) is -0.00338. The quantitative estimate of drug-likeness (QED) is 0.848. The molecule has 1 aliphatic rings. The first kappa shape index (κ1) is 16.5. The Labute approximate surface area is 132 Å². The van der Waals surface area contributed by atoms with E-state index in [0.29, 0.717) is 15.7 Å². The molecule has 9 heteroatoms. The molecule has 21 heavy (non-hydrogen) atoms. The van der Waals surface area contributed by atoms with Crippen LogP contribution in [0.15, 0.2) is 18.2 Å². The van der Waals surface area contributed by atoms with E-state index in [0.717, 1.165) is 4.31 Å². The fraction of sp³-hybridized carbons (Fsp3) is 0.417. The van der Waals surface area contributed by atoms with Gasteiger partial charge in [-0.1, -0.05) is 27.1 Å². The van der Waals surface area contributed by atoms with Crippen LogP contribution in [0.2, 0.25) is 10.0 Å². The van der Waals surface area contributed by atoms with Gasteiger partial charge in [0, 0.05) is 24.7 Å². The summed E-state index contributed by atoms with van der Waals surface area (Å²) in [5.41, 5.74) is 0.509. The molecule has 1 aromatic rings. The lowest BCUT2D eigenvalue weighted by Crippen LogP contribution is -2.39. The Hall–Kier alpha value is -0.890. The number of piperidine rings is 1. The highest BCUT2D eigenvalue weighted by Gasteiger charge is 2.30. The van der Waals surface area contributed by atoms with Gasteiger partial charge in [-0.25, -0.2) is 0 Å². The van der Waals surface area contributed by atoms with Crippen molar-refractivity contribution in [2.24, 2.45) is 5.92 Å². The van der Waals surface area contributed by atoms with E-state index >= 15 is 0 Å². The van der Waals surface area contributed by atoms with Crippen LogP contribution in [0.5, 0.6) is 0 Å². The maximum absolute atomic E-state index is 12.8. The zero-order valence-corrected chi connectivity index (χ0v) is 13.2. The van der Waals surface area contributed by atoms with Gasteiger partial charge in [0.1, 0.15) is 0 Å². The van der Waals surface area contributed by atoms with E-state index in [1.165, 1.54) is 6.07 Å². The molecule has 5 nitrogen and oxygen atoms in total. The molecule has 0 atom stereocenters. The summed E-state index contributed by atoms with van der Waals surface area (Å²) < 4.78 is 35.0. The summed E-state index contributed by atoms with van der Waals surface area (Å²) in [6.07, 6.45) is 0.548. The van der Waals surface area contributed by atoms with E-state index in [9.17, 15) is 17.1 Å². The molecular weight excluding hydrogens is 342 g/mol. The number of anilines is 1. The molecule has 2 rings (SSSR count). The molecular formula is C12H13Cl2FN2O3S. The Bertz CT molecular complexity index is 646. The smallest absolute Gasteiger partial charge is 0.326 e. The molecule has 1 heterocycles. The summed E-state index contributed by atoms with van der Waals surface area (Å²) in [6, 6.07) is 4.72. The van der Waals surface area contributed by atoms with Crippen molar-refractivity contribution < 1.29 is 17.1 Å². The van der Waals surface area contributed by atoms with Gasteiger partial charge in [-0.05, 0) is 31.0 Å². The van der Waals surface area contributed by atoms with Crippen molar-refractivity contribution in [3.8, 4) is 0 Å². The topological polar surface area (TPSA) is 66.5 Å². The molecule has 0 bridgehead atoms. The lowest BCUT2D eigenvalue weighted by Gasteiger charge is -2.27. The van der Waals surface area contributed by atoms with Crippen molar-refractivity contribution in [1.82, 2.24) is 4.31 Å². The number of halogens is 3. The lowest BCUT2D eigenvalue weighted by molar-refractivity contribution is -0.120. The third-order valence-electron chi connectivity index (χ3n) is 3.32. The van der Waals surface area contributed by atoms with Gasteiger partial charge in [0.25, 0.3) is 0 Å². The fourth-order valence-corrected chi connectivity index (χ4v) is 3.10. The Morgan fingerprint density at radius 1 is 1.24 bits per heavy atom. The third kappa shape index (κ3) is 4.29. The number of benzene rings is 1. The van der Waals surface area contributed by atoms with Crippen molar-refractivity contribution in [2.45, 2.75) is 12.8 Å². The van der Waals surface area contributed by atoms with Crippen LogP contribution < -0.4 is 5.32 Å². The number of hydrogen-bond acceptors (Lipinski definition) is 3. The minimum atomic E-state index is -4.67. The SMILES string of the molecule is O=C(Nc1ccc(Cl)c(Cl)c1)C1CCN(S(=O)(=O)F)CC1. The number of rotatable bonds is 3. The summed E-state index contributed by atoms with van der Waals surface area (Å²) in [4.78, 5) is 12.1. The minimum absolute atomic E-state index is 0.00169. The van der Waals surface area contributed by atoms with Crippen molar-refractivity contribution in [2.75, 3.05) is 18.4 Å². The van der Waals surface area contributed by atoms with Crippen LogP contribution in [0.4, 0.5) is 9.57 Å². The number of amides is 1. The van der Waals surface area contributed by atoms with Gasteiger partial charge >= 0.3 is 10.4 Å². The highest BCUT2D eigenvalue weighted by molar-refractivity contribution is 7.83. The monoisotopic (exact) mass is 354 g/mol. The largest absolute Gasteiger partial charge is 0.374 e. The second-order valence-electron chi connectivity index (χ2n) is 4.73. The van der Waals surface area contributed by atoms with E-state index in [1.807, 2.05) is 0 Å². The predicted octanol–water partition coefficient (Wildman–Crippen LogP) is 2.86. The van der Waals surface area contributed by atoms with Crippen LogP contribution in [0.3, 0.4) is 0 Å². The fourth-order valence-electron chi connectivity index (χ4n) is 2.15. The molecule has 1 aliphatic heterocycles. The summed E-state index contributed by atoms with van der Waals surface area (Å²) in [5.74, 6) is -0.609. The van der Waals surface area contributed by atoms with Gasteiger partial charge in [0.2, 0.25) is 5.91 Å². The standard InChI is InChI=1S/C12H13Cl2FN2O3S/c13-10-2-1-9(7-11(10)14)16-12(18)8-3-5-17(6-4-8)21(15,19)20/h1-2,7-8H,3-6H2,(H,16,18). The van der Waals surface area contributed by atoms with E-state index in [2.05, 4.69) is 5.32 Å². The van der Waals surface area contributed by atoms with Crippen LogP contribution in [0.25, 0.3) is 0 Å². The average Bonchev–Trinajstić information content (AvgIpc) is 2.42. The van der Waals surface area contributed by atoms with E-state index in [4.69, 9.17) is 23.2 Å². The Balaban J connectivity index is 1.95. The third-order valence-corrected chi connectivity index (χ3v) is 5.04. The van der Waals surface area contributed by atoms with E-state index < -0.39 is 10.4 Å². The summed E-state index contributed by atoms with van der Waals surface area (Å²) in [5, 5.41) is 3.40. The number of nitrogens with one attached hydrogen (secondary N) is 1. The first-order chi connectivity index (χ1) is 9.77. The number of nitrogens with zero attached hydrogens (tertiary/aromatic N) is 1. The highest BCUT2D eigenvalue weighted by atomic mass is 35.5. The highest BCUT2D eigenvalue weighted by Crippen LogP contribution is 2.26. The zero-order valence-electron chi connectivity index (χ0n) is 10.9. The zero-order chi connectivity index (χ0) is 15.6. The van der Waals surface area contributed by atoms with Crippen molar-refractivity contribution >= 4 is 45.2 Å². The molecule has 0 spiro atoms. The van der Waals surface area contributed by atoms with Gasteiger partial charge in [0.05, 0.1) is 10.0 Å². The van der Waals surface area contributed by atoms with Crippen LogP contribution in [0, 0.1) is 5.92 Å². The Kier molecular flexibility index (Phi) is 5.08. The van der Waals surface area contributed by atoms with Crippen molar-refractivity contribution in [3.05, 3.63) is 28.2 Å². The molecule has 0 aromatic heterocycles. The van der Waals surface area contributed by atoms with Crippen molar-refractivity contribution in [3.63, 3.8) is 0 Å². The molecule has 0 aliphatic carbocycles. The van der Waals surface area contributed by atoms with Gasteiger partial charge in [-0.15, -0.1) is 0 Å². The van der Waals surface area contributed by atoms with Crippen LogP contribution in [0.1, 0.15) is 12.8 Å². The van der Waals surface area contributed by atoms with Gasteiger partial charge in [0.15, 0.2) is 0 Å². The normalized spacial score (nSPS) is 17.7. The second-order valence-corrected chi connectivity index (χ2v) is 6.89. The Morgan fingerprint density at radius 3 is 2.38 bits per heavy atom. The Morgan fingerprint density at radius 2 is 1.86 bits per heavy atom. The molecule has 116 valence electrons. The minimum Gasteiger partial charge on any atom is -0.326 e. The molecule has 1 saturated heterocycles. The van der Waals surface area contributed by atoms with Crippen LogP contribution in [-0.2, 0) is 15.2 Å². The first-order valence-electron chi connectivity index (χ1n) is 6.23. The van der Waals surface area contributed by atoms with Gasteiger partial charge < -0.3 is 5.32 Å². The summed E-state index contributed by atoms with van der Waals surface area (Å²) in [7, 11) is -4.67. The number of carbonyl (C=O) groups is 1. The molecule has 0 unspecified atom stereocenters. The van der Waals surface area contributed by atoms with E-state index in [-0.39, 0.29) is 37.8 Å². The summed E-state index contributed by atoms with van der Waals surface area (Å²) >= 11 is 11.6. The predicted molar refractivity (Wildman–Crippen MR) is 79.4 cm³/mol. The number of carbonyl (C=O) groups excluding carboxylic acids is 1. The van der Waals surface area contributed by atoms with Gasteiger partial charge in [-0.2, -0.15) is 12.7 Å². The first-order valence-corrected chi connectivity index (χ1v) is 8.32. The maximum atomic E-state index is 12.8. The number of hydrogen-bond donors (Lipinski definition) is 1. The molecule has 0 radical (unpaired) electrons. The van der Waals surface area contributed by atoms with Crippen LogP contribution in [-0.4, -0.2) is 31.7 Å². The molecule has 0 saturated carbocycles.